The zero-order valence-electron chi connectivity index (χ0n) is 16.9. The van der Waals surface area contributed by atoms with Gasteiger partial charge in [-0.05, 0) is 49.6 Å². The van der Waals surface area contributed by atoms with Crippen LogP contribution in [0, 0.1) is 20.8 Å². The van der Waals surface area contributed by atoms with Gasteiger partial charge in [-0.3, -0.25) is 0 Å². The Bertz CT molecular complexity index is 1220. The molecule has 9 heteroatoms. The summed E-state index contributed by atoms with van der Waals surface area (Å²) in [5.74, 6) is -0.788. The third-order valence-corrected chi connectivity index (χ3v) is 6.30. The van der Waals surface area contributed by atoms with Crippen molar-refractivity contribution in [1.29, 1.82) is 0 Å². The van der Waals surface area contributed by atoms with Crippen LogP contribution in [0.2, 0.25) is 5.15 Å². The lowest BCUT2D eigenvalue weighted by Crippen LogP contribution is -2.18. The second-order valence-corrected chi connectivity index (χ2v) is 8.73. The molecule has 0 aliphatic heterocycles. The van der Waals surface area contributed by atoms with Gasteiger partial charge in [0.1, 0.15) is 5.15 Å². The number of aryl methyl sites for hydroxylation is 2. The van der Waals surface area contributed by atoms with E-state index < -0.39 is 16.0 Å². The van der Waals surface area contributed by atoms with Gasteiger partial charge in [0.15, 0.2) is 0 Å². The molecule has 0 radical (unpaired) electrons. The topological polar surface area (TPSA) is 98.2 Å². The number of rotatable bonds is 5. The Morgan fingerprint density at radius 2 is 1.67 bits per heavy atom. The van der Waals surface area contributed by atoms with Crippen LogP contribution in [0.5, 0.6) is 0 Å². The molecule has 2 aromatic carbocycles. The molecule has 1 heterocycles. The molecule has 0 spiro atoms. The number of esters is 1. The molecular formula is C21H20ClN3O4S. The van der Waals surface area contributed by atoms with Crippen molar-refractivity contribution >= 4 is 33.5 Å². The number of nitrogens with zero attached hydrogens (tertiary/aromatic N) is 2. The molecule has 0 aliphatic carbocycles. The van der Waals surface area contributed by atoms with E-state index in [4.69, 9.17) is 16.3 Å². The third-order valence-electron chi connectivity index (χ3n) is 4.64. The number of sulfonamides is 1. The summed E-state index contributed by atoms with van der Waals surface area (Å²) in [5, 5.41) is 0.0976. The molecule has 0 bridgehead atoms. The molecule has 3 rings (SSSR count). The minimum absolute atomic E-state index is 0.0809. The van der Waals surface area contributed by atoms with E-state index in [2.05, 4.69) is 14.7 Å². The minimum Gasteiger partial charge on any atom is -0.465 e. The molecule has 1 N–H and O–H groups in total. The van der Waals surface area contributed by atoms with Crippen LogP contribution in [0.25, 0.3) is 11.3 Å². The van der Waals surface area contributed by atoms with Crippen LogP contribution in [-0.4, -0.2) is 31.5 Å². The predicted octanol–water partition coefficient (Wildman–Crippen LogP) is 4.31. The Morgan fingerprint density at radius 1 is 1.03 bits per heavy atom. The smallest absolute Gasteiger partial charge is 0.338 e. The summed E-state index contributed by atoms with van der Waals surface area (Å²) >= 11 is 6.15. The van der Waals surface area contributed by atoms with Crippen LogP contribution in [0.4, 0.5) is 5.95 Å². The van der Waals surface area contributed by atoms with Crippen molar-refractivity contribution in [1.82, 2.24) is 9.97 Å². The molecule has 156 valence electrons. The highest BCUT2D eigenvalue weighted by molar-refractivity contribution is 7.92. The van der Waals surface area contributed by atoms with Crippen molar-refractivity contribution in [3.8, 4) is 11.3 Å². The maximum atomic E-state index is 13.0. The van der Waals surface area contributed by atoms with Gasteiger partial charge in [-0.1, -0.05) is 35.9 Å². The first-order valence-electron chi connectivity index (χ1n) is 8.96. The van der Waals surface area contributed by atoms with E-state index >= 15 is 0 Å². The van der Waals surface area contributed by atoms with E-state index in [-0.39, 0.29) is 27.1 Å². The maximum absolute atomic E-state index is 13.0. The molecule has 0 unspecified atom stereocenters. The maximum Gasteiger partial charge on any atom is 0.338 e. The average Bonchev–Trinajstić information content (AvgIpc) is 2.66. The average molecular weight is 446 g/mol. The first kappa shape index (κ1) is 21.7. The molecule has 0 saturated carbocycles. The molecule has 3 aromatic rings. The first-order chi connectivity index (χ1) is 14.1. The van der Waals surface area contributed by atoms with E-state index in [1.807, 2.05) is 32.0 Å². The lowest BCUT2D eigenvalue weighted by Gasteiger charge is -2.13. The summed E-state index contributed by atoms with van der Waals surface area (Å²) < 4.78 is 33.1. The summed E-state index contributed by atoms with van der Waals surface area (Å²) in [6, 6.07) is 11.7. The molecule has 30 heavy (non-hydrogen) atoms. The fourth-order valence-corrected chi connectivity index (χ4v) is 4.62. The highest BCUT2D eigenvalue weighted by Gasteiger charge is 2.23. The highest BCUT2D eigenvalue weighted by Crippen LogP contribution is 2.29. The Morgan fingerprint density at radius 3 is 2.30 bits per heavy atom. The second-order valence-electron chi connectivity index (χ2n) is 6.69. The number of ether oxygens (including phenoxy) is 1. The van der Waals surface area contributed by atoms with Gasteiger partial charge >= 0.3 is 5.97 Å². The van der Waals surface area contributed by atoms with Crippen molar-refractivity contribution in [3.63, 3.8) is 0 Å². The number of carbonyl (C=O) groups excluding carboxylic acids is 1. The summed E-state index contributed by atoms with van der Waals surface area (Å²) in [7, 11) is -2.85. The van der Waals surface area contributed by atoms with Gasteiger partial charge in [0.25, 0.3) is 10.0 Å². The summed E-state index contributed by atoms with van der Waals surface area (Å²) in [6.07, 6.45) is 0. The van der Waals surface area contributed by atoms with E-state index in [1.165, 1.54) is 32.2 Å². The van der Waals surface area contributed by atoms with Crippen LogP contribution >= 0.6 is 11.6 Å². The van der Waals surface area contributed by atoms with E-state index in [0.717, 1.165) is 16.7 Å². The molecule has 0 saturated heterocycles. The first-order valence-corrected chi connectivity index (χ1v) is 10.8. The van der Waals surface area contributed by atoms with Gasteiger partial charge in [-0.15, -0.1) is 0 Å². The number of halogens is 1. The van der Waals surface area contributed by atoms with Crippen LogP contribution < -0.4 is 4.72 Å². The molecule has 0 atom stereocenters. The molecule has 0 fully saturated rings. The van der Waals surface area contributed by atoms with Crippen molar-refractivity contribution < 1.29 is 17.9 Å². The van der Waals surface area contributed by atoms with Gasteiger partial charge in [0.05, 0.1) is 23.3 Å². The normalized spacial score (nSPS) is 11.2. The number of hydrogen-bond acceptors (Lipinski definition) is 6. The Balaban J connectivity index is 2.05. The zero-order chi connectivity index (χ0) is 22.1. The van der Waals surface area contributed by atoms with Crippen LogP contribution in [0.3, 0.4) is 0 Å². The number of benzene rings is 2. The summed E-state index contributed by atoms with van der Waals surface area (Å²) in [4.78, 5) is 20.2. The fraction of sp³-hybridized carbons (Fsp3) is 0.190. The second kappa shape index (κ2) is 8.41. The van der Waals surface area contributed by atoms with Crippen molar-refractivity contribution in [2.45, 2.75) is 25.7 Å². The van der Waals surface area contributed by atoms with Gasteiger partial charge in [0.2, 0.25) is 5.95 Å². The summed E-state index contributed by atoms with van der Waals surface area (Å²) in [5.41, 5.74) is 3.72. The van der Waals surface area contributed by atoms with Crippen LogP contribution in [-0.2, 0) is 14.8 Å². The molecule has 7 nitrogen and oxygen atoms in total. The van der Waals surface area contributed by atoms with Gasteiger partial charge in [-0.25, -0.2) is 27.9 Å². The number of anilines is 1. The Hall–Kier alpha value is -2.97. The highest BCUT2D eigenvalue weighted by atomic mass is 35.5. The predicted molar refractivity (Wildman–Crippen MR) is 115 cm³/mol. The minimum atomic E-state index is -4.09. The largest absolute Gasteiger partial charge is 0.465 e. The monoisotopic (exact) mass is 445 g/mol. The van der Waals surface area contributed by atoms with E-state index in [9.17, 15) is 13.2 Å². The van der Waals surface area contributed by atoms with Crippen molar-refractivity contribution in [3.05, 3.63) is 69.9 Å². The summed E-state index contributed by atoms with van der Waals surface area (Å²) in [6.45, 7) is 5.40. The van der Waals surface area contributed by atoms with Crippen LogP contribution in [0.1, 0.15) is 27.0 Å². The van der Waals surface area contributed by atoms with Gasteiger partial charge in [-0.2, -0.15) is 0 Å². The lowest BCUT2D eigenvalue weighted by molar-refractivity contribution is 0.0599. The van der Waals surface area contributed by atoms with Crippen molar-refractivity contribution in [2.24, 2.45) is 0 Å². The molecule has 0 aliphatic rings. The quantitative estimate of drug-likeness (QED) is 0.464. The van der Waals surface area contributed by atoms with Crippen molar-refractivity contribution in [2.75, 3.05) is 11.8 Å². The van der Waals surface area contributed by atoms with Gasteiger partial charge in [0, 0.05) is 11.6 Å². The molecular weight excluding hydrogens is 426 g/mol. The fourth-order valence-electron chi connectivity index (χ4n) is 3.22. The zero-order valence-corrected chi connectivity index (χ0v) is 18.4. The number of carbonyl (C=O) groups is 1. The lowest BCUT2D eigenvalue weighted by atomic mass is 10.00. The number of nitrogens with one attached hydrogen (secondary N) is 1. The van der Waals surface area contributed by atoms with E-state index in [1.54, 1.807) is 6.07 Å². The SMILES string of the molecule is COC(=O)c1cccc(S(=O)(=O)Nc2nc(Cl)cc(-c3c(C)cccc3C)n2)c1C. The molecule has 0 amide bonds. The van der Waals surface area contributed by atoms with Crippen LogP contribution in [0.15, 0.2) is 47.4 Å². The number of hydrogen-bond donors (Lipinski definition) is 1. The Labute approximate surface area is 180 Å². The standard InChI is InChI=1S/C21H20ClN3O4S/c1-12-7-5-8-13(2)19(12)16-11-18(22)24-21(23-16)25-30(27,28)17-10-6-9-15(14(17)3)20(26)29-4/h5-11H,1-4H3,(H,23,24,25). The third kappa shape index (κ3) is 4.29. The number of methoxy groups -OCH3 is 1. The van der Waals surface area contributed by atoms with Gasteiger partial charge < -0.3 is 4.74 Å². The Kier molecular flexibility index (Phi) is 6.09. The number of aromatic nitrogens is 2. The van der Waals surface area contributed by atoms with E-state index in [0.29, 0.717) is 5.69 Å². The molecule has 1 aromatic heterocycles.